The lowest BCUT2D eigenvalue weighted by Gasteiger charge is -1.99. The molecule has 0 saturated carbocycles. The third-order valence-electron chi connectivity index (χ3n) is 2.63. The number of nitrogens with zero attached hydrogens (tertiary/aromatic N) is 4. The maximum absolute atomic E-state index is 12.1. The molecule has 0 bridgehead atoms. The molecule has 0 unspecified atom stereocenters. The Morgan fingerprint density at radius 3 is 2.94 bits per heavy atom. The molecule has 3 aromatic rings. The summed E-state index contributed by atoms with van der Waals surface area (Å²) in [6, 6.07) is 7.32. The van der Waals surface area contributed by atoms with Gasteiger partial charge in [-0.2, -0.15) is 5.10 Å². The molecule has 0 saturated heterocycles. The van der Waals surface area contributed by atoms with Crippen molar-refractivity contribution in [2.45, 2.75) is 13.5 Å². The van der Waals surface area contributed by atoms with Crippen molar-refractivity contribution in [3.63, 3.8) is 0 Å². The summed E-state index contributed by atoms with van der Waals surface area (Å²) >= 11 is 0. The van der Waals surface area contributed by atoms with Crippen molar-refractivity contribution in [2.75, 3.05) is 0 Å². The van der Waals surface area contributed by atoms with Crippen LogP contribution in [0.3, 0.4) is 0 Å². The SMILES string of the molecule is CCn1ncn2c(=O)c3ccccc3nc12. The predicted octanol–water partition coefficient (Wildman–Crippen LogP) is 1.06. The molecule has 0 radical (unpaired) electrons. The zero-order valence-corrected chi connectivity index (χ0v) is 8.79. The van der Waals surface area contributed by atoms with Crippen LogP contribution in [0, 0.1) is 0 Å². The molecule has 0 atom stereocenters. The van der Waals surface area contributed by atoms with E-state index in [1.807, 2.05) is 25.1 Å². The highest BCUT2D eigenvalue weighted by atomic mass is 16.1. The van der Waals surface area contributed by atoms with Crippen LogP contribution in [0.25, 0.3) is 16.7 Å². The summed E-state index contributed by atoms with van der Waals surface area (Å²) in [6.07, 6.45) is 1.51. The second-order valence-electron chi connectivity index (χ2n) is 3.55. The summed E-state index contributed by atoms with van der Waals surface area (Å²) in [5.74, 6) is 0.589. The van der Waals surface area contributed by atoms with Gasteiger partial charge in [0.15, 0.2) is 0 Å². The van der Waals surface area contributed by atoms with Crippen LogP contribution in [0.2, 0.25) is 0 Å². The molecule has 0 aliphatic heterocycles. The molecule has 2 aromatic heterocycles. The van der Waals surface area contributed by atoms with Crippen LogP contribution in [-0.4, -0.2) is 19.2 Å². The van der Waals surface area contributed by atoms with Gasteiger partial charge in [0.2, 0.25) is 5.78 Å². The van der Waals surface area contributed by atoms with Gasteiger partial charge in [0.1, 0.15) is 6.33 Å². The standard InChI is InChI=1S/C11H10N4O/c1-2-15-11-13-9-6-4-3-5-8(9)10(16)14(11)7-12-15/h3-7H,2H2,1H3. The Morgan fingerprint density at radius 2 is 2.12 bits per heavy atom. The highest BCUT2D eigenvalue weighted by Gasteiger charge is 2.08. The van der Waals surface area contributed by atoms with E-state index in [9.17, 15) is 4.79 Å². The average molecular weight is 214 g/mol. The number of aromatic nitrogens is 4. The van der Waals surface area contributed by atoms with Crippen LogP contribution in [0.4, 0.5) is 0 Å². The topological polar surface area (TPSA) is 52.2 Å². The smallest absolute Gasteiger partial charge is 0.268 e. The number of para-hydroxylation sites is 1. The van der Waals surface area contributed by atoms with Gasteiger partial charge < -0.3 is 0 Å². The fourth-order valence-corrected chi connectivity index (χ4v) is 1.81. The van der Waals surface area contributed by atoms with Crippen molar-refractivity contribution >= 4 is 16.7 Å². The van der Waals surface area contributed by atoms with Gasteiger partial charge in [-0.15, -0.1) is 0 Å². The van der Waals surface area contributed by atoms with Crippen LogP contribution in [0.15, 0.2) is 35.4 Å². The lowest BCUT2D eigenvalue weighted by atomic mass is 10.2. The molecule has 0 aliphatic carbocycles. The maximum atomic E-state index is 12.1. The van der Waals surface area contributed by atoms with E-state index in [2.05, 4.69) is 10.1 Å². The summed E-state index contributed by atoms with van der Waals surface area (Å²) in [5.41, 5.74) is 0.642. The first-order valence-electron chi connectivity index (χ1n) is 5.14. The first kappa shape index (κ1) is 9.08. The second kappa shape index (κ2) is 3.16. The number of fused-ring (bicyclic) bond motifs is 2. The Kier molecular flexibility index (Phi) is 1.80. The lowest BCUT2D eigenvalue weighted by molar-refractivity contribution is 0.676. The largest absolute Gasteiger partial charge is 0.268 e. The molecule has 80 valence electrons. The maximum Gasteiger partial charge on any atom is 0.268 e. The van der Waals surface area contributed by atoms with E-state index in [-0.39, 0.29) is 5.56 Å². The van der Waals surface area contributed by atoms with E-state index < -0.39 is 0 Å². The molecule has 1 aromatic carbocycles. The molecule has 0 fully saturated rings. The zero-order chi connectivity index (χ0) is 11.1. The van der Waals surface area contributed by atoms with Gasteiger partial charge in [-0.3, -0.25) is 4.79 Å². The minimum absolute atomic E-state index is 0.0692. The average Bonchev–Trinajstić information content (AvgIpc) is 2.72. The van der Waals surface area contributed by atoms with Gasteiger partial charge in [-0.25, -0.2) is 14.1 Å². The van der Waals surface area contributed by atoms with Gasteiger partial charge in [0.05, 0.1) is 10.9 Å². The molecule has 16 heavy (non-hydrogen) atoms. The van der Waals surface area contributed by atoms with Crippen LogP contribution >= 0.6 is 0 Å². The Bertz CT molecular complexity index is 726. The van der Waals surface area contributed by atoms with Crippen LogP contribution < -0.4 is 5.56 Å². The molecule has 0 aliphatic rings. The van der Waals surface area contributed by atoms with E-state index in [1.165, 1.54) is 10.7 Å². The highest BCUT2D eigenvalue weighted by Crippen LogP contribution is 2.08. The number of rotatable bonds is 1. The third-order valence-corrected chi connectivity index (χ3v) is 2.63. The summed E-state index contributed by atoms with van der Waals surface area (Å²) in [4.78, 5) is 16.5. The van der Waals surface area contributed by atoms with Crippen molar-refractivity contribution in [1.29, 1.82) is 0 Å². The Balaban J connectivity index is 2.58. The first-order chi connectivity index (χ1) is 7.81. The zero-order valence-electron chi connectivity index (χ0n) is 8.79. The summed E-state index contributed by atoms with van der Waals surface area (Å²) in [6.45, 7) is 2.66. The summed E-state index contributed by atoms with van der Waals surface area (Å²) < 4.78 is 3.18. The van der Waals surface area contributed by atoms with Gasteiger partial charge in [0.25, 0.3) is 5.56 Å². The fourth-order valence-electron chi connectivity index (χ4n) is 1.81. The van der Waals surface area contributed by atoms with E-state index in [0.717, 1.165) is 0 Å². The number of hydrogen-bond donors (Lipinski definition) is 0. The molecule has 2 heterocycles. The van der Waals surface area contributed by atoms with Gasteiger partial charge in [-0.05, 0) is 19.1 Å². The Labute approximate surface area is 91.0 Å². The molecule has 3 rings (SSSR count). The summed E-state index contributed by atoms with van der Waals surface area (Å²) in [5, 5.41) is 4.74. The van der Waals surface area contributed by atoms with Crippen molar-refractivity contribution < 1.29 is 0 Å². The van der Waals surface area contributed by atoms with Crippen LogP contribution in [0.5, 0.6) is 0 Å². The number of aryl methyl sites for hydroxylation is 1. The summed E-state index contributed by atoms with van der Waals surface area (Å²) in [7, 11) is 0. The Hall–Kier alpha value is -2.17. The van der Waals surface area contributed by atoms with Gasteiger partial charge >= 0.3 is 0 Å². The van der Waals surface area contributed by atoms with Crippen LogP contribution in [-0.2, 0) is 6.54 Å². The van der Waals surface area contributed by atoms with Gasteiger partial charge in [0, 0.05) is 6.54 Å². The van der Waals surface area contributed by atoms with Crippen LogP contribution in [0.1, 0.15) is 6.92 Å². The molecular weight excluding hydrogens is 204 g/mol. The number of benzene rings is 1. The monoisotopic (exact) mass is 214 g/mol. The van der Waals surface area contributed by atoms with E-state index in [1.54, 1.807) is 10.7 Å². The third kappa shape index (κ3) is 1.08. The molecule has 0 spiro atoms. The Morgan fingerprint density at radius 1 is 1.31 bits per heavy atom. The molecule has 0 amide bonds. The minimum atomic E-state index is -0.0692. The molecule has 5 nitrogen and oxygen atoms in total. The lowest BCUT2D eigenvalue weighted by Crippen LogP contribution is -2.14. The predicted molar refractivity (Wildman–Crippen MR) is 60.4 cm³/mol. The molecule has 5 heteroatoms. The van der Waals surface area contributed by atoms with Crippen molar-refractivity contribution in [1.82, 2.24) is 19.2 Å². The number of hydrogen-bond acceptors (Lipinski definition) is 3. The second-order valence-corrected chi connectivity index (χ2v) is 3.55. The van der Waals surface area contributed by atoms with E-state index in [0.29, 0.717) is 23.2 Å². The fraction of sp³-hybridized carbons (Fsp3) is 0.182. The first-order valence-corrected chi connectivity index (χ1v) is 5.14. The van der Waals surface area contributed by atoms with Crippen molar-refractivity contribution in [3.8, 4) is 0 Å². The molecular formula is C11H10N4O. The van der Waals surface area contributed by atoms with E-state index >= 15 is 0 Å². The van der Waals surface area contributed by atoms with Crippen molar-refractivity contribution in [3.05, 3.63) is 40.9 Å². The highest BCUT2D eigenvalue weighted by molar-refractivity contribution is 5.78. The minimum Gasteiger partial charge on any atom is -0.268 e. The quantitative estimate of drug-likeness (QED) is 0.608. The normalized spacial score (nSPS) is 11.3. The van der Waals surface area contributed by atoms with Crippen molar-refractivity contribution in [2.24, 2.45) is 0 Å². The molecule has 0 N–H and O–H groups in total. The van der Waals surface area contributed by atoms with Gasteiger partial charge in [-0.1, -0.05) is 12.1 Å². The van der Waals surface area contributed by atoms with E-state index in [4.69, 9.17) is 0 Å².